The Morgan fingerprint density at radius 1 is 1.22 bits per heavy atom. The van der Waals surface area contributed by atoms with Crippen LogP contribution >= 0.6 is 0 Å². The Kier molecular flexibility index (Phi) is 6.08. The number of piperidine rings is 1. The second-order valence-corrected chi connectivity index (χ2v) is 8.52. The highest BCUT2D eigenvalue weighted by molar-refractivity contribution is 5.80. The summed E-state index contributed by atoms with van der Waals surface area (Å²) in [5, 5.41) is 6.23. The number of rotatable bonds is 5. The van der Waals surface area contributed by atoms with Crippen LogP contribution in [0.15, 0.2) is 24.3 Å². The molecule has 0 bridgehead atoms. The average molecular weight is 373 g/mol. The smallest absolute Gasteiger partial charge is 0.258 e. The van der Waals surface area contributed by atoms with Crippen LogP contribution in [0.5, 0.6) is 5.75 Å². The highest BCUT2D eigenvalue weighted by Crippen LogP contribution is 2.37. The van der Waals surface area contributed by atoms with Crippen molar-refractivity contribution in [2.45, 2.75) is 65.0 Å². The highest BCUT2D eigenvalue weighted by Gasteiger charge is 2.42. The Labute approximate surface area is 162 Å². The van der Waals surface area contributed by atoms with Gasteiger partial charge in [0.2, 0.25) is 5.91 Å². The lowest BCUT2D eigenvalue weighted by Gasteiger charge is -2.45. The number of nitrogens with one attached hydrogen (secondary N) is 2. The van der Waals surface area contributed by atoms with E-state index in [0.29, 0.717) is 23.5 Å². The van der Waals surface area contributed by atoms with Gasteiger partial charge in [-0.3, -0.25) is 9.59 Å². The van der Waals surface area contributed by atoms with Crippen LogP contribution in [0.2, 0.25) is 0 Å². The zero-order chi connectivity index (χ0) is 19.6. The predicted octanol–water partition coefficient (Wildman–Crippen LogP) is 3.24. The van der Waals surface area contributed by atoms with Crippen LogP contribution in [0.4, 0.5) is 0 Å². The van der Waals surface area contributed by atoms with Crippen LogP contribution < -0.4 is 15.4 Å². The molecule has 1 saturated heterocycles. The first kappa shape index (κ1) is 19.7. The molecule has 1 saturated carbocycles. The fraction of sp³-hybridized carbons (Fsp3) is 0.636. The second kappa shape index (κ2) is 8.32. The average Bonchev–Trinajstić information content (AvgIpc) is 2.65. The Balaban J connectivity index is 1.47. The van der Waals surface area contributed by atoms with E-state index in [2.05, 4.69) is 31.4 Å². The fourth-order valence-corrected chi connectivity index (χ4v) is 4.41. The summed E-state index contributed by atoms with van der Waals surface area (Å²) in [7, 11) is 0. The third kappa shape index (κ3) is 4.63. The van der Waals surface area contributed by atoms with Crippen molar-refractivity contribution in [1.29, 1.82) is 0 Å². The van der Waals surface area contributed by atoms with E-state index in [9.17, 15) is 9.59 Å². The van der Waals surface area contributed by atoms with Gasteiger partial charge in [-0.1, -0.05) is 39.8 Å². The minimum Gasteiger partial charge on any atom is -0.484 e. The van der Waals surface area contributed by atoms with E-state index < -0.39 is 0 Å². The van der Waals surface area contributed by atoms with E-state index >= 15 is 0 Å². The molecule has 5 nitrogen and oxygen atoms in total. The highest BCUT2D eigenvalue weighted by atomic mass is 16.5. The van der Waals surface area contributed by atoms with Gasteiger partial charge in [0.05, 0.1) is 0 Å². The van der Waals surface area contributed by atoms with Gasteiger partial charge in [0.15, 0.2) is 6.61 Å². The minimum absolute atomic E-state index is 0.0193. The van der Waals surface area contributed by atoms with Crippen molar-refractivity contribution < 1.29 is 14.3 Å². The van der Waals surface area contributed by atoms with Crippen molar-refractivity contribution in [1.82, 2.24) is 10.6 Å². The van der Waals surface area contributed by atoms with Gasteiger partial charge >= 0.3 is 0 Å². The fourth-order valence-electron chi connectivity index (χ4n) is 4.41. The maximum absolute atomic E-state index is 12.3. The van der Waals surface area contributed by atoms with Crippen molar-refractivity contribution in [2.75, 3.05) is 6.61 Å². The maximum Gasteiger partial charge on any atom is 0.258 e. The number of fused-ring (bicyclic) bond motifs is 1. The van der Waals surface area contributed by atoms with Gasteiger partial charge in [0, 0.05) is 18.0 Å². The summed E-state index contributed by atoms with van der Waals surface area (Å²) in [6.45, 7) is 8.50. The summed E-state index contributed by atoms with van der Waals surface area (Å²) >= 11 is 0. The Hall–Kier alpha value is -2.04. The Morgan fingerprint density at radius 2 is 1.93 bits per heavy atom. The normalized spacial score (nSPS) is 30.4. The molecule has 1 heterocycles. The molecule has 0 aromatic heterocycles. The van der Waals surface area contributed by atoms with Crippen LogP contribution in [0.1, 0.15) is 58.4 Å². The van der Waals surface area contributed by atoms with Crippen LogP contribution in [0, 0.1) is 17.8 Å². The topological polar surface area (TPSA) is 67.4 Å². The molecular weight excluding hydrogens is 340 g/mol. The summed E-state index contributed by atoms with van der Waals surface area (Å²) in [4.78, 5) is 24.4. The first-order valence-electron chi connectivity index (χ1n) is 10.2. The molecule has 5 heteroatoms. The van der Waals surface area contributed by atoms with Crippen molar-refractivity contribution in [3.8, 4) is 5.75 Å². The summed E-state index contributed by atoms with van der Waals surface area (Å²) in [5.41, 5.74) is 1.25. The summed E-state index contributed by atoms with van der Waals surface area (Å²) < 4.78 is 5.62. The van der Waals surface area contributed by atoms with Crippen LogP contribution in [-0.2, 0) is 9.59 Å². The van der Waals surface area contributed by atoms with Crippen LogP contribution in [0.3, 0.4) is 0 Å². The molecule has 148 valence electrons. The van der Waals surface area contributed by atoms with Gasteiger partial charge in [0.25, 0.3) is 5.91 Å². The lowest BCUT2D eigenvalue weighted by molar-refractivity contribution is -0.132. The van der Waals surface area contributed by atoms with Crippen molar-refractivity contribution in [2.24, 2.45) is 17.8 Å². The number of carbonyl (C=O) groups excluding carboxylic acids is 2. The van der Waals surface area contributed by atoms with E-state index in [-0.39, 0.29) is 36.4 Å². The first-order valence-corrected chi connectivity index (χ1v) is 10.2. The SMILES string of the molecule is CC(C)c1ccc(OCC(=O)NC2CCC3C(C2)NC(=O)C(C)C3C)cc1. The number of hydrogen-bond acceptors (Lipinski definition) is 3. The van der Waals surface area contributed by atoms with Gasteiger partial charge in [0.1, 0.15) is 5.75 Å². The van der Waals surface area contributed by atoms with Gasteiger partial charge in [-0.05, 0) is 54.7 Å². The lowest BCUT2D eigenvalue weighted by Crippen LogP contribution is -2.57. The molecular formula is C22H32N2O3. The molecule has 0 radical (unpaired) electrons. The summed E-state index contributed by atoms with van der Waals surface area (Å²) in [5.74, 6) is 2.22. The number of carbonyl (C=O) groups is 2. The van der Waals surface area contributed by atoms with E-state index in [0.717, 1.165) is 19.3 Å². The Morgan fingerprint density at radius 3 is 2.59 bits per heavy atom. The summed E-state index contributed by atoms with van der Waals surface area (Å²) in [6, 6.07) is 8.17. The van der Waals surface area contributed by atoms with Crippen molar-refractivity contribution in [3.63, 3.8) is 0 Å². The molecule has 5 atom stereocenters. The molecule has 5 unspecified atom stereocenters. The predicted molar refractivity (Wildman–Crippen MR) is 106 cm³/mol. The number of benzene rings is 1. The van der Waals surface area contributed by atoms with Gasteiger partial charge in [-0.2, -0.15) is 0 Å². The zero-order valence-corrected chi connectivity index (χ0v) is 16.8. The van der Waals surface area contributed by atoms with Gasteiger partial charge in [-0.25, -0.2) is 0 Å². The molecule has 0 spiro atoms. The first-order chi connectivity index (χ1) is 12.8. The maximum atomic E-state index is 12.3. The Bertz CT molecular complexity index is 671. The van der Waals surface area contributed by atoms with Gasteiger partial charge in [-0.15, -0.1) is 0 Å². The molecule has 1 aliphatic heterocycles. The minimum atomic E-state index is -0.102. The lowest BCUT2D eigenvalue weighted by atomic mass is 9.68. The third-order valence-corrected chi connectivity index (χ3v) is 6.39. The van der Waals surface area contributed by atoms with Crippen molar-refractivity contribution in [3.05, 3.63) is 29.8 Å². The molecule has 3 rings (SSSR count). The van der Waals surface area contributed by atoms with Crippen LogP contribution in [-0.4, -0.2) is 30.5 Å². The zero-order valence-electron chi connectivity index (χ0n) is 16.8. The van der Waals surface area contributed by atoms with Crippen LogP contribution in [0.25, 0.3) is 0 Å². The largest absolute Gasteiger partial charge is 0.484 e. The van der Waals surface area contributed by atoms with E-state index in [4.69, 9.17) is 4.74 Å². The monoisotopic (exact) mass is 372 g/mol. The molecule has 2 fully saturated rings. The summed E-state index contributed by atoms with van der Waals surface area (Å²) in [6.07, 6.45) is 2.81. The third-order valence-electron chi connectivity index (χ3n) is 6.39. The van der Waals surface area contributed by atoms with E-state index in [1.54, 1.807) is 0 Å². The number of hydrogen-bond donors (Lipinski definition) is 2. The molecule has 1 aromatic rings. The molecule has 1 aliphatic carbocycles. The molecule has 2 N–H and O–H groups in total. The number of ether oxygens (including phenoxy) is 1. The standard InChI is InChI=1S/C22H32N2O3/c1-13(2)16-5-8-18(9-6-16)27-12-21(25)23-17-7-10-19-14(3)15(4)22(26)24-20(19)11-17/h5-6,8-9,13-15,17,19-20H,7,10-12H2,1-4H3,(H,23,25)(H,24,26). The molecule has 27 heavy (non-hydrogen) atoms. The second-order valence-electron chi connectivity index (χ2n) is 8.52. The van der Waals surface area contributed by atoms with Crippen molar-refractivity contribution >= 4 is 11.8 Å². The molecule has 2 amide bonds. The van der Waals surface area contributed by atoms with E-state index in [1.165, 1.54) is 5.56 Å². The van der Waals surface area contributed by atoms with E-state index in [1.807, 2.05) is 31.2 Å². The molecule has 1 aromatic carbocycles. The van der Waals surface area contributed by atoms with Gasteiger partial charge < -0.3 is 15.4 Å². The molecule has 2 aliphatic rings. The quantitative estimate of drug-likeness (QED) is 0.834. The number of amides is 2.